The van der Waals surface area contributed by atoms with Crippen molar-refractivity contribution < 1.29 is 14.3 Å². The Morgan fingerprint density at radius 3 is 2.96 bits per heavy atom. The number of benzene rings is 1. The van der Waals surface area contributed by atoms with Crippen LogP contribution < -0.4 is 14.8 Å². The van der Waals surface area contributed by atoms with Gasteiger partial charge >= 0.3 is 0 Å². The van der Waals surface area contributed by atoms with Gasteiger partial charge < -0.3 is 14.8 Å². The maximum Gasteiger partial charge on any atom is 0.263 e. The van der Waals surface area contributed by atoms with Crippen LogP contribution in [-0.2, 0) is 11.2 Å². The molecule has 1 aromatic heterocycles. The molecule has 1 amide bonds. The summed E-state index contributed by atoms with van der Waals surface area (Å²) >= 11 is 0. The molecule has 0 saturated carbocycles. The summed E-state index contributed by atoms with van der Waals surface area (Å²) in [5.41, 5.74) is 0.865. The molecule has 1 aromatic carbocycles. The lowest BCUT2D eigenvalue weighted by Crippen LogP contribution is -2.25. The number of amides is 1. The Labute approximate surface area is 141 Å². The van der Waals surface area contributed by atoms with Gasteiger partial charge in [0.25, 0.3) is 5.91 Å². The van der Waals surface area contributed by atoms with Gasteiger partial charge in [-0.25, -0.2) is 4.68 Å². The summed E-state index contributed by atoms with van der Waals surface area (Å²) in [6, 6.07) is 7.71. The second kappa shape index (κ2) is 6.19. The van der Waals surface area contributed by atoms with Crippen LogP contribution in [0.3, 0.4) is 0 Å². The van der Waals surface area contributed by atoms with Gasteiger partial charge in [0, 0.05) is 24.1 Å². The number of aromatic nitrogens is 2. The molecule has 2 aromatic rings. The zero-order chi connectivity index (χ0) is 17.3. The summed E-state index contributed by atoms with van der Waals surface area (Å²) in [6.07, 6.45) is 2.50. The van der Waals surface area contributed by atoms with Crippen molar-refractivity contribution in [3.63, 3.8) is 0 Å². The standard InChI is InChI=1S/C18H23N3O3/c1-12(2)21-15(8-9-19-21)20-16(22)11-23-14-7-5-6-13-10-18(3,4)24-17(13)14/h5-9,12H,10-11H2,1-4H3,(H,20,22). The summed E-state index contributed by atoms with van der Waals surface area (Å²) in [6.45, 7) is 8.01. The highest BCUT2D eigenvalue weighted by Crippen LogP contribution is 2.41. The van der Waals surface area contributed by atoms with Crippen LogP contribution in [0.1, 0.15) is 39.3 Å². The summed E-state index contributed by atoms with van der Waals surface area (Å²) < 4.78 is 13.4. The van der Waals surface area contributed by atoms with Crippen molar-refractivity contribution in [2.45, 2.75) is 45.8 Å². The number of hydrogen-bond donors (Lipinski definition) is 1. The maximum atomic E-state index is 12.2. The fourth-order valence-electron chi connectivity index (χ4n) is 2.85. The predicted molar refractivity (Wildman–Crippen MR) is 91.6 cm³/mol. The average molecular weight is 329 g/mol. The third kappa shape index (κ3) is 3.37. The smallest absolute Gasteiger partial charge is 0.263 e. The Hall–Kier alpha value is -2.50. The molecule has 6 heteroatoms. The van der Waals surface area contributed by atoms with E-state index in [1.165, 1.54) is 0 Å². The molecule has 1 aliphatic heterocycles. The van der Waals surface area contributed by atoms with E-state index >= 15 is 0 Å². The van der Waals surface area contributed by atoms with E-state index in [4.69, 9.17) is 9.47 Å². The van der Waals surface area contributed by atoms with Gasteiger partial charge in [-0.3, -0.25) is 4.79 Å². The van der Waals surface area contributed by atoms with Gasteiger partial charge in [-0.05, 0) is 33.8 Å². The van der Waals surface area contributed by atoms with Crippen molar-refractivity contribution in [1.29, 1.82) is 0 Å². The molecule has 0 saturated heterocycles. The molecule has 0 spiro atoms. The number of ether oxygens (including phenoxy) is 2. The Balaban J connectivity index is 1.64. The van der Waals surface area contributed by atoms with E-state index in [2.05, 4.69) is 10.4 Å². The Kier molecular flexibility index (Phi) is 4.22. The quantitative estimate of drug-likeness (QED) is 0.915. The number of carbonyl (C=O) groups is 1. The first-order chi connectivity index (χ1) is 11.4. The topological polar surface area (TPSA) is 65.4 Å². The molecule has 6 nitrogen and oxygen atoms in total. The van der Waals surface area contributed by atoms with Gasteiger partial charge in [0.15, 0.2) is 18.1 Å². The highest BCUT2D eigenvalue weighted by molar-refractivity contribution is 5.91. The molecule has 0 fully saturated rings. The lowest BCUT2D eigenvalue weighted by Gasteiger charge is -2.18. The predicted octanol–water partition coefficient (Wildman–Crippen LogP) is 3.20. The van der Waals surface area contributed by atoms with Crippen LogP contribution >= 0.6 is 0 Å². The van der Waals surface area contributed by atoms with Crippen LogP contribution in [0.5, 0.6) is 11.5 Å². The minimum atomic E-state index is -0.242. The minimum absolute atomic E-state index is 0.0798. The van der Waals surface area contributed by atoms with Crippen molar-refractivity contribution in [1.82, 2.24) is 9.78 Å². The lowest BCUT2D eigenvalue weighted by molar-refractivity contribution is -0.118. The maximum absolute atomic E-state index is 12.2. The summed E-state index contributed by atoms with van der Waals surface area (Å²) in [5, 5.41) is 7.01. The van der Waals surface area contributed by atoms with Crippen molar-refractivity contribution in [2.24, 2.45) is 0 Å². The van der Waals surface area contributed by atoms with Gasteiger partial charge in [0.2, 0.25) is 0 Å². The number of nitrogens with one attached hydrogen (secondary N) is 1. The van der Waals surface area contributed by atoms with Crippen LogP contribution in [0, 0.1) is 0 Å². The van der Waals surface area contributed by atoms with Crippen LogP contribution in [0.15, 0.2) is 30.5 Å². The molecule has 0 radical (unpaired) electrons. The summed E-state index contributed by atoms with van der Waals surface area (Å²) in [4.78, 5) is 12.2. The lowest BCUT2D eigenvalue weighted by atomic mass is 10.0. The average Bonchev–Trinajstić information content (AvgIpc) is 3.07. The molecule has 3 rings (SSSR count). The van der Waals surface area contributed by atoms with Crippen molar-refractivity contribution in [3.8, 4) is 11.5 Å². The molecule has 2 heterocycles. The van der Waals surface area contributed by atoms with Gasteiger partial charge in [0.1, 0.15) is 11.4 Å². The van der Waals surface area contributed by atoms with Crippen molar-refractivity contribution in [3.05, 3.63) is 36.0 Å². The van der Waals surface area contributed by atoms with E-state index in [1.807, 2.05) is 45.9 Å². The van der Waals surface area contributed by atoms with Gasteiger partial charge in [-0.2, -0.15) is 5.10 Å². The van der Waals surface area contributed by atoms with E-state index in [0.717, 1.165) is 17.7 Å². The van der Waals surface area contributed by atoms with Gasteiger partial charge in [0.05, 0.1) is 6.20 Å². The van der Waals surface area contributed by atoms with E-state index in [9.17, 15) is 4.79 Å². The zero-order valence-electron chi connectivity index (χ0n) is 14.5. The van der Waals surface area contributed by atoms with Crippen LogP contribution in [0.4, 0.5) is 5.82 Å². The van der Waals surface area contributed by atoms with Gasteiger partial charge in [-0.1, -0.05) is 12.1 Å². The molecule has 24 heavy (non-hydrogen) atoms. The third-order valence-corrected chi connectivity index (χ3v) is 3.84. The van der Waals surface area contributed by atoms with E-state index in [1.54, 1.807) is 16.9 Å². The highest BCUT2D eigenvalue weighted by Gasteiger charge is 2.32. The number of carbonyl (C=O) groups excluding carboxylic acids is 1. The van der Waals surface area contributed by atoms with Gasteiger partial charge in [-0.15, -0.1) is 0 Å². The zero-order valence-corrected chi connectivity index (χ0v) is 14.5. The summed E-state index contributed by atoms with van der Waals surface area (Å²) in [5.74, 6) is 1.77. The molecule has 0 bridgehead atoms. The Morgan fingerprint density at radius 2 is 2.21 bits per heavy atom. The first-order valence-corrected chi connectivity index (χ1v) is 8.13. The molecular weight excluding hydrogens is 306 g/mol. The monoisotopic (exact) mass is 329 g/mol. The molecule has 1 N–H and O–H groups in total. The van der Waals surface area contributed by atoms with E-state index < -0.39 is 0 Å². The normalized spacial score (nSPS) is 15.0. The van der Waals surface area contributed by atoms with Crippen LogP contribution in [0.2, 0.25) is 0 Å². The number of hydrogen-bond acceptors (Lipinski definition) is 4. The van der Waals surface area contributed by atoms with Crippen molar-refractivity contribution >= 4 is 11.7 Å². The number of para-hydroxylation sites is 1. The van der Waals surface area contributed by atoms with E-state index in [0.29, 0.717) is 11.6 Å². The number of fused-ring (bicyclic) bond motifs is 1. The first-order valence-electron chi connectivity index (χ1n) is 8.13. The summed E-state index contributed by atoms with van der Waals surface area (Å²) in [7, 11) is 0. The molecular formula is C18H23N3O3. The molecule has 0 unspecified atom stereocenters. The number of nitrogens with zero attached hydrogens (tertiary/aromatic N) is 2. The second-order valence-corrected chi connectivity index (χ2v) is 6.87. The number of anilines is 1. The molecule has 128 valence electrons. The fourth-order valence-corrected chi connectivity index (χ4v) is 2.85. The Bertz CT molecular complexity index is 750. The second-order valence-electron chi connectivity index (χ2n) is 6.87. The minimum Gasteiger partial charge on any atom is -0.483 e. The Morgan fingerprint density at radius 1 is 1.42 bits per heavy atom. The molecule has 1 aliphatic rings. The SMILES string of the molecule is CC(C)n1nccc1NC(=O)COc1cccc2c1OC(C)(C)C2. The fraction of sp³-hybridized carbons (Fsp3) is 0.444. The van der Waals surface area contributed by atoms with Crippen molar-refractivity contribution in [2.75, 3.05) is 11.9 Å². The first kappa shape index (κ1) is 16.4. The van der Waals surface area contributed by atoms with Crippen LogP contribution in [-0.4, -0.2) is 27.9 Å². The largest absolute Gasteiger partial charge is 0.483 e. The highest BCUT2D eigenvalue weighted by atomic mass is 16.5. The molecule has 0 aliphatic carbocycles. The number of rotatable bonds is 5. The molecule has 0 atom stereocenters. The third-order valence-electron chi connectivity index (χ3n) is 3.84. The van der Waals surface area contributed by atoms with Crippen LogP contribution in [0.25, 0.3) is 0 Å². The van der Waals surface area contributed by atoms with E-state index in [-0.39, 0.29) is 24.2 Å².